The van der Waals surface area contributed by atoms with E-state index in [0.717, 1.165) is 27.9 Å². The fraction of sp³-hybridized carbons (Fsp3) is 0.273. The van der Waals surface area contributed by atoms with Crippen molar-refractivity contribution < 1.29 is 19.0 Å². The number of amides is 1. The van der Waals surface area contributed by atoms with Crippen LogP contribution < -0.4 is 9.47 Å². The van der Waals surface area contributed by atoms with Crippen LogP contribution in [-0.2, 0) is 16.1 Å². The molecule has 3 heterocycles. The minimum atomic E-state index is 0.105. The van der Waals surface area contributed by atoms with Gasteiger partial charge in [-0.25, -0.2) is 0 Å². The van der Waals surface area contributed by atoms with Crippen molar-refractivity contribution >= 4 is 28.7 Å². The lowest BCUT2D eigenvalue weighted by atomic mass is 10.2. The third-order valence-electron chi connectivity index (χ3n) is 5.20. The van der Waals surface area contributed by atoms with Crippen LogP contribution in [0.15, 0.2) is 53.7 Å². The number of morpholine rings is 1. The van der Waals surface area contributed by atoms with Gasteiger partial charge in [-0.1, -0.05) is 18.2 Å². The van der Waals surface area contributed by atoms with Gasteiger partial charge in [0.25, 0.3) is 0 Å². The minimum absolute atomic E-state index is 0.105. The largest absolute Gasteiger partial charge is 0.454 e. The van der Waals surface area contributed by atoms with Crippen molar-refractivity contribution in [3.63, 3.8) is 0 Å². The van der Waals surface area contributed by atoms with E-state index in [0.29, 0.717) is 38.6 Å². The Kier molecular flexibility index (Phi) is 4.65. The average Bonchev–Trinajstić information content (AvgIpc) is 3.37. The molecule has 0 aliphatic carbocycles. The Morgan fingerprint density at radius 2 is 1.90 bits per heavy atom. The monoisotopic (exact) mass is 391 g/mol. The van der Waals surface area contributed by atoms with Gasteiger partial charge >= 0.3 is 0 Å². The van der Waals surface area contributed by atoms with E-state index in [1.807, 2.05) is 64.3 Å². The highest BCUT2D eigenvalue weighted by Gasteiger charge is 2.18. The zero-order chi connectivity index (χ0) is 19.6. The fourth-order valence-electron chi connectivity index (χ4n) is 3.68. The van der Waals surface area contributed by atoms with Crippen LogP contribution in [0.5, 0.6) is 11.5 Å². The van der Waals surface area contributed by atoms with Gasteiger partial charge in [-0.15, -0.1) is 0 Å². The first kappa shape index (κ1) is 17.8. The molecule has 0 unspecified atom stereocenters. The van der Waals surface area contributed by atoms with Gasteiger partial charge in [0.1, 0.15) is 6.54 Å². The lowest BCUT2D eigenvalue weighted by Crippen LogP contribution is -2.42. The summed E-state index contributed by atoms with van der Waals surface area (Å²) in [4.78, 5) is 19.2. The quantitative estimate of drug-likeness (QED) is 0.642. The summed E-state index contributed by atoms with van der Waals surface area (Å²) in [6, 6.07) is 13.7. The average molecular weight is 391 g/mol. The topological polar surface area (TPSA) is 65.3 Å². The summed E-state index contributed by atoms with van der Waals surface area (Å²) in [5.41, 5.74) is 2.77. The molecule has 0 spiro atoms. The van der Waals surface area contributed by atoms with Gasteiger partial charge < -0.3 is 23.7 Å². The summed E-state index contributed by atoms with van der Waals surface area (Å²) >= 11 is 0. The summed E-state index contributed by atoms with van der Waals surface area (Å²) < 4.78 is 18.1. The van der Waals surface area contributed by atoms with Crippen LogP contribution in [0.25, 0.3) is 10.9 Å². The molecule has 7 nitrogen and oxygen atoms in total. The lowest BCUT2D eigenvalue weighted by Gasteiger charge is -2.27. The molecule has 2 aliphatic rings. The third kappa shape index (κ3) is 3.56. The predicted octanol–water partition coefficient (Wildman–Crippen LogP) is 2.98. The number of nitrogens with zero attached hydrogens (tertiary/aromatic N) is 3. The zero-order valence-corrected chi connectivity index (χ0v) is 15.9. The molecule has 1 fully saturated rings. The number of ether oxygens (including phenoxy) is 3. The second-order valence-corrected chi connectivity index (χ2v) is 7.02. The Morgan fingerprint density at radius 3 is 2.79 bits per heavy atom. The van der Waals surface area contributed by atoms with Crippen LogP contribution in [0.2, 0.25) is 0 Å². The lowest BCUT2D eigenvalue weighted by molar-refractivity contribution is -0.135. The smallest absolute Gasteiger partial charge is 0.242 e. The summed E-state index contributed by atoms with van der Waals surface area (Å²) in [5, 5.41) is 1.06. The SMILES string of the molecule is O=C(Cn1cc(C=Nc2ccc3c(c2)OCO3)c2ccccc21)N1CCOCC1. The number of para-hydroxylation sites is 1. The molecule has 0 bridgehead atoms. The molecule has 148 valence electrons. The molecule has 1 amide bonds. The summed E-state index contributed by atoms with van der Waals surface area (Å²) in [5.74, 6) is 1.55. The minimum Gasteiger partial charge on any atom is -0.454 e. The van der Waals surface area contributed by atoms with Gasteiger partial charge in [0.2, 0.25) is 12.7 Å². The number of hydrogen-bond acceptors (Lipinski definition) is 5. The maximum atomic E-state index is 12.7. The standard InChI is InChI=1S/C22H21N3O4/c26-22(24-7-9-27-10-8-24)14-25-13-16(18-3-1-2-4-19(18)25)12-23-17-5-6-20-21(11-17)29-15-28-20/h1-6,11-13H,7-10,14-15H2. The molecule has 3 aromatic rings. The van der Waals surface area contributed by atoms with E-state index in [4.69, 9.17) is 14.2 Å². The highest BCUT2D eigenvalue weighted by molar-refractivity contribution is 6.00. The normalized spacial score (nSPS) is 16.1. The molecule has 0 saturated carbocycles. The molecule has 7 heteroatoms. The van der Waals surface area contributed by atoms with Gasteiger partial charge in [-0.05, 0) is 18.2 Å². The Morgan fingerprint density at radius 1 is 1.07 bits per heavy atom. The van der Waals surface area contributed by atoms with Gasteiger partial charge in [-0.2, -0.15) is 0 Å². The molecule has 5 rings (SSSR count). The first-order valence-electron chi connectivity index (χ1n) is 9.65. The van der Waals surface area contributed by atoms with E-state index in [1.54, 1.807) is 0 Å². The molecular formula is C22H21N3O4. The Bertz CT molecular complexity index is 1080. The van der Waals surface area contributed by atoms with Gasteiger partial charge in [0.05, 0.1) is 18.9 Å². The Labute approximate surface area is 168 Å². The van der Waals surface area contributed by atoms with E-state index in [-0.39, 0.29) is 12.7 Å². The van der Waals surface area contributed by atoms with Crippen molar-refractivity contribution in [2.75, 3.05) is 33.1 Å². The first-order valence-corrected chi connectivity index (χ1v) is 9.65. The molecule has 1 saturated heterocycles. The van der Waals surface area contributed by atoms with Gasteiger partial charge in [-0.3, -0.25) is 9.79 Å². The number of aromatic nitrogens is 1. The molecule has 0 radical (unpaired) electrons. The van der Waals surface area contributed by atoms with Crippen molar-refractivity contribution in [1.29, 1.82) is 0 Å². The van der Waals surface area contributed by atoms with Gasteiger partial charge in [0.15, 0.2) is 11.5 Å². The van der Waals surface area contributed by atoms with E-state index in [2.05, 4.69) is 4.99 Å². The number of rotatable bonds is 4. The van der Waals surface area contributed by atoms with E-state index in [9.17, 15) is 4.79 Å². The van der Waals surface area contributed by atoms with Crippen LogP contribution in [-0.4, -0.2) is 54.7 Å². The second-order valence-electron chi connectivity index (χ2n) is 7.02. The third-order valence-corrected chi connectivity index (χ3v) is 5.20. The summed E-state index contributed by atoms with van der Waals surface area (Å²) in [6.45, 7) is 3.05. The highest BCUT2D eigenvalue weighted by atomic mass is 16.7. The zero-order valence-electron chi connectivity index (χ0n) is 15.9. The number of hydrogen-bond donors (Lipinski definition) is 0. The Hall–Kier alpha value is -3.32. The van der Waals surface area contributed by atoms with Crippen LogP contribution in [0.3, 0.4) is 0 Å². The van der Waals surface area contributed by atoms with Gasteiger partial charge in [0, 0.05) is 48.0 Å². The molecule has 1 aromatic heterocycles. The molecule has 2 aromatic carbocycles. The summed E-state index contributed by atoms with van der Waals surface area (Å²) in [7, 11) is 0. The molecule has 0 atom stereocenters. The molecular weight excluding hydrogens is 370 g/mol. The number of fused-ring (bicyclic) bond motifs is 2. The maximum absolute atomic E-state index is 12.7. The predicted molar refractivity (Wildman–Crippen MR) is 109 cm³/mol. The molecule has 29 heavy (non-hydrogen) atoms. The second kappa shape index (κ2) is 7.60. The van der Waals surface area contributed by atoms with E-state index >= 15 is 0 Å². The van der Waals surface area contributed by atoms with E-state index in [1.165, 1.54) is 0 Å². The first-order chi connectivity index (χ1) is 14.3. The van der Waals surface area contributed by atoms with Crippen molar-refractivity contribution in [1.82, 2.24) is 9.47 Å². The van der Waals surface area contributed by atoms with Crippen molar-refractivity contribution in [2.24, 2.45) is 4.99 Å². The van der Waals surface area contributed by atoms with Crippen molar-refractivity contribution in [2.45, 2.75) is 6.54 Å². The van der Waals surface area contributed by atoms with Crippen LogP contribution in [0.4, 0.5) is 5.69 Å². The number of carbonyl (C=O) groups excluding carboxylic acids is 1. The number of benzene rings is 2. The van der Waals surface area contributed by atoms with Crippen molar-refractivity contribution in [3.05, 3.63) is 54.2 Å². The summed E-state index contributed by atoms with van der Waals surface area (Å²) in [6.07, 6.45) is 3.81. The van der Waals surface area contributed by atoms with Crippen molar-refractivity contribution in [3.8, 4) is 11.5 Å². The van der Waals surface area contributed by atoms with Crippen LogP contribution in [0, 0.1) is 0 Å². The molecule has 0 N–H and O–H groups in total. The van der Waals surface area contributed by atoms with Crippen LogP contribution in [0.1, 0.15) is 5.56 Å². The maximum Gasteiger partial charge on any atom is 0.242 e. The Balaban J connectivity index is 1.41. The van der Waals surface area contributed by atoms with E-state index < -0.39 is 0 Å². The fourth-order valence-corrected chi connectivity index (χ4v) is 3.68. The number of aliphatic imine (C=N–C) groups is 1. The number of carbonyl (C=O) groups is 1. The van der Waals surface area contributed by atoms with Crippen LogP contribution >= 0.6 is 0 Å². The molecule has 2 aliphatic heterocycles. The highest BCUT2D eigenvalue weighted by Crippen LogP contribution is 2.35.